The van der Waals surface area contributed by atoms with Crippen LogP contribution in [0.15, 0.2) is 12.1 Å². The van der Waals surface area contributed by atoms with Crippen molar-refractivity contribution in [3.8, 4) is 0 Å². The second-order valence-corrected chi connectivity index (χ2v) is 3.73. The summed E-state index contributed by atoms with van der Waals surface area (Å²) in [5, 5.41) is 9.24. The maximum absolute atomic E-state index is 13.2. The summed E-state index contributed by atoms with van der Waals surface area (Å²) >= 11 is 0. The van der Waals surface area contributed by atoms with Crippen molar-refractivity contribution in [3.63, 3.8) is 0 Å². The Morgan fingerprint density at radius 2 is 1.79 bits per heavy atom. The van der Waals surface area contributed by atoms with Crippen molar-refractivity contribution in [2.45, 2.75) is 26.6 Å². The van der Waals surface area contributed by atoms with Crippen molar-refractivity contribution in [3.05, 3.63) is 29.3 Å². The van der Waals surface area contributed by atoms with Gasteiger partial charge in [0, 0.05) is 6.07 Å². The smallest absolute Gasteiger partial charge is 0.323 e. The summed E-state index contributed by atoms with van der Waals surface area (Å²) in [7, 11) is 0. The molecule has 0 aliphatic rings. The minimum absolute atomic E-state index is 0.0203. The number of rotatable bonds is 2. The van der Waals surface area contributed by atoms with Gasteiger partial charge in [-0.25, -0.2) is 8.78 Å². The molecule has 1 N–H and O–H groups in total. The molecule has 0 fully saturated rings. The molecular weight excluding hydrogens is 185 g/mol. The van der Waals surface area contributed by atoms with Crippen molar-refractivity contribution in [1.82, 2.24) is 0 Å². The van der Waals surface area contributed by atoms with Gasteiger partial charge in [-0.2, -0.15) is 0 Å². The van der Waals surface area contributed by atoms with Gasteiger partial charge in [-0.1, -0.05) is 26.7 Å². The SMILES string of the molecule is CB(O)c1cc(C(C)C)c(F)cc1F. The molecule has 0 aromatic heterocycles. The van der Waals surface area contributed by atoms with E-state index in [1.807, 2.05) is 13.8 Å². The van der Waals surface area contributed by atoms with E-state index in [4.69, 9.17) is 0 Å². The fourth-order valence-electron chi connectivity index (χ4n) is 1.35. The van der Waals surface area contributed by atoms with Gasteiger partial charge in [-0.05, 0) is 16.9 Å². The topological polar surface area (TPSA) is 20.2 Å². The van der Waals surface area contributed by atoms with E-state index in [9.17, 15) is 13.8 Å². The highest BCUT2D eigenvalue weighted by atomic mass is 19.1. The van der Waals surface area contributed by atoms with Gasteiger partial charge in [0.15, 0.2) is 0 Å². The first kappa shape index (κ1) is 11.2. The lowest BCUT2D eigenvalue weighted by Crippen LogP contribution is -2.30. The zero-order chi connectivity index (χ0) is 10.9. The van der Waals surface area contributed by atoms with Crippen LogP contribution in [0, 0.1) is 11.6 Å². The Morgan fingerprint density at radius 1 is 1.21 bits per heavy atom. The Morgan fingerprint density at radius 3 is 2.21 bits per heavy atom. The average Bonchev–Trinajstić information content (AvgIpc) is 2.02. The largest absolute Gasteiger partial charge is 0.446 e. The van der Waals surface area contributed by atoms with Crippen LogP contribution in [0.4, 0.5) is 8.78 Å². The summed E-state index contributed by atoms with van der Waals surface area (Å²) < 4.78 is 26.4. The van der Waals surface area contributed by atoms with Crippen LogP contribution in [0.5, 0.6) is 0 Å². The molecule has 0 aliphatic carbocycles. The molecule has 1 aromatic carbocycles. The summed E-state index contributed by atoms with van der Waals surface area (Å²) in [4.78, 5) is 0. The second kappa shape index (κ2) is 4.09. The first-order chi connectivity index (χ1) is 6.43. The average molecular weight is 198 g/mol. The van der Waals surface area contributed by atoms with Crippen LogP contribution < -0.4 is 5.46 Å². The molecule has 0 spiro atoms. The van der Waals surface area contributed by atoms with Gasteiger partial charge in [0.05, 0.1) is 0 Å². The van der Waals surface area contributed by atoms with E-state index in [1.54, 1.807) is 0 Å². The molecule has 0 atom stereocenters. The maximum Gasteiger partial charge on any atom is 0.323 e. The summed E-state index contributed by atoms with van der Waals surface area (Å²) in [6, 6.07) is 2.22. The van der Waals surface area contributed by atoms with Gasteiger partial charge in [0.1, 0.15) is 11.6 Å². The molecule has 0 unspecified atom stereocenters. The summed E-state index contributed by atoms with van der Waals surface area (Å²) in [5.41, 5.74) is 0.581. The molecule has 0 radical (unpaired) electrons. The third-order valence-corrected chi connectivity index (χ3v) is 2.19. The number of hydrogen-bond donors (Lipinski definition) is 1. The first-order valence-electron chi connectivity index (χ1n) is 4.60. The van der Waals surface area contributed by atoms with Gasteiger partial charge in [0.25, 0.3) is 0 Å². The Kier molecular flexibility index (Phi) is 3.27. The van der Waals surface area contributed by atoms with E-state index in [0.717, 1.165) is 6.07 Å². The van der Waals surface area contributed by atoms with Crippen LogP contribution in [0.3, 0.4) is 0 Å². The van der Waals surface area contributed by atoms with Crippen molar-refractivity contribution >= 4 is 12.4 Å². The van der Waals surface area contributed by atoms with Crippen LogP contribution in [-0.2, 0) is 0 Å². The minimum atomic E-state index is -0.909. The van der Waals surface area contributed by atoms with E-state index in [1.165, 1.54) is 12.9 Å². The molecule has 1 aromatic rings. The van der Waals surface area contributed by atoms with Crippen LogP contribution in [-0.4, -0.2) is 11.9 Å². The predicted octanol–water partition coefficient (Wildman–Crippen LogP) is 1.91. The Balaban J connectivity index is 3.27. The standard InChI is InChI=1S/C10H13BF2O/c1-6(2)7-4-8(11(3)14)10(13)5-9(7)12/h4-6,14H,1-3H3. The molecule has 1 nitrogen and oxygen atoms in total. The Hall–Kier alpha value is -0.895. The van der Waals surface area contributed by atoms with E-state index < -0.39 is 18.6 Å². The summed E-state index contributed by atoms with van der Waals surface area (Å²) in [5.74, 6) is -1.27. The molecule has 0 aliphatic heterocycles. The maximum atomic E-state index is 13.2. The third kappa shape index (κ3) is 2.12. The monoisotopic (exact) mass is 198 g/mol. The highest BCUT2D eigenvalue weighted by molar-refractivity contribution is 6.64. The number of hydrogen-bond acceptors (Lipinski definition) is 1. The first-order valence-corrected chi connectivity index (χ1v) is 4.60. The molecule has 0 saturated heterocycles. The number of benzene rings is 1. The number of halogens is 2. The second-order valence-electron chi connectivity index (χ2n) is 3.73. The quantitative estimate of drug-likeness (QED) is 0.719. The fraction of sp³-hybridized carbons (Fsp3) is 0.400. The predicted molar refractivity (Wildman–Crippen MR) is 53.9 cm³/mol. The van der Waals surface area contributed by atoms with Gasteiger partial charge < -0.3 is 5.02 Å². The van der Waals surface area contributed by atoms with Crippen molar-refractivity contribution in [2.75, 3.05) is 0 Å². The lowest BCUT2D eigenvalue weighted by molar-refractivity contribution is 0.560. The van der Waals surface area contributed by atoms with Gasteiger partial charge in [-0.3, -0.25) is 0 Å². The third-order valence-electron chi connectivity index (χ3n) is 2.19. The van der Waals surface area contributed by atoms with E-state index in [2.05, 4.69) is 0 Å². The minimum Gasteiger partial charge on any atom is -0.446 e. The molecule has 0 saturated carbocycles. The van der Waals surface area contributed by atoms with E-state index in [0.29, 0.717) is 5.56 Å². The van der Waals surface area contributed by atoms with Gasteiger partial charge >= 0.3 is 6.92 Å². The fourth-order valence-corrected chi connectivity index (χ4v) is 1.35. The lowest BCUT2D eigenvalue weighted by atomic mass is 9.63. The molecule has 0 heterocycles. The zero-order valence-corrected chi connectivity index (χ0v) is 8.51. The summed E-state index contributed by atoms with van der Waals surface area (Å²) in [6.07, 6.45) is 0. The Labute approximate surface area is 82.9 Å². The molecule has 76 valence electrons. The molecule has 0 bridgehead atoms. The van der Waals surface area contributed by atoms with Crippen molar-refractivity contribution in [1.29, 1.82) is 0 Å². The lowest BCUT2D eigenvalue weighted by Gasteiger charge is -2.11. The van der Waals surface area contributed by atoms with Crippen LogP contribution in [0.2, 0.25) is 6.82 Å². The van der Waals surface area contributed by atoms with Gasteiger partial charge in [0.2, 0.25) is 0 Å². The van der Waals surface area contributed by atoms with Crippen LogP contribution >= 0.6 is 0 Å². The van der Waals surface area contributed by atoms with Crippen LogP contribution in [0.25, 0.3) is 0 Å². The zero-order valence-electron chi connectivity index (χ0n) is 8.51. The molecule has 14 heavy (non-hydrogen) atoms. The molecule has 0 amide bonds. The highest BCUT2D eigenvalue weighted by Crippen LogP contribution is 2.18. The van der Waals surface area contributed by atoms with Crippen molar-refractivity contribution in [2.24, 2.45) is 0 Å². The van der Waals surface area contributed by atoms with Gasteiger partial charge in [-0.15, -0.1) is 0 Å². The Bertz CT molecular complexity index is 308. The summed E-state index contributed by atoms with van der Waals surface area (Å²) in [6.45, 7) is 4.19. The molecular formula is C10H13BF2O. The van der Waals surface area contributed by atoms with Crippen LogP contribution in [0.1, 0.15) is 25.3 Å². The molecule has 4 heteroatoms. The van der Waals surface area contributed by atoms with Crippen molar-refractivity contribution < 1.29 is 13.8 Å². The molecule has 1 rings (SSSR count). The highest BCUT2D eigenvalue weighted by Gasteiger charge is 2.17. The van der Waals surface area contributed by atoms with E-state index in [-0.39, 0.29) is 11.4 Å². The normalized spacial score (nSPS) is 10.8. The van der Waals surface area contributed by atoms with E-state index >= 15 is 0 Å².